The number of aliphatic hydroxyl groups is 1. The van der Waals surface area contributed by atoms with Crippen molar-refractivity contribution in [3.05, 3.63) is 29.3 Å². The van der Waals surface area contributed by atoms with Crippen molar-refractivity contribution < 1.29 is 5.11 Å². The van der Waals surface area contributed by atoms with E-state index in [0.29, 0.717) is 12.0 Å². The third-order valence-electron chi connectivity index (χ3n) is 4.90. The number of pyridine rings is 1. The molecule has 1 aliphatic carbocycles. The second kappa shape index (κ2) is 7.53. The van der Waals surface area contributed by atoms with E-state index in [-0.39, 0.29) is 6.10 Å². The fraction of sp³-hybridized carbons (Fsp3) is 0.611. The number of nitrogens with zero attached hydrogens (tertiary/aromatic N) is 1. The standard InChI is InChI=1S/C18H26N2OS/c1-13(15-11-18-16(20-12-15)8-10-22-18)19-9-4-6-14-5-2-3-7-17(14)21/h8,10-14,17,19,21H,2-7,9H2,1H3. The minimum Gasteiger partial charge on any atom is -0.393 e. The van der Waals surface area contributed by atoms with Crippen LogP contribution in [0.5, 0.6) is 0 Å². The quantitative estimate of drug-likeness (QED) is 0.782. The molecule has 0 amide bonds. The Kier molecular flexibility index (Phi) is 5.45. The number of rotatable bonds is 6. The van der Waals surface area contributed by atoms with Crippen LogP contribution in [0.1, 0.15) is 57.1 Å². The van der Waals surface area contributed by atoms with Gasteiger partial charge in [-0.2, -0.15) is 0 Å². The first-order valence-electron chi connectivity index (χ1n) is 8.48. The summed E-state index contributed by atoms with van der Waals surface area (Å²) in [7, 11) is 0. The lowest BCUT2D eigenvalue weighted by Crippen LogP contribution is -2.26. The van der Waals surface area contributed by atoms with Crippen LogP contribution in [-0.2, 0) is 0 Å². The molecule has 4 heteroatoms. The molecular weight excluding hydrogens is 292 g/mol. The Morgan fingerprint density at radius 3 is 3.14 bits per heavy atom. The average Bonchev–Trinajstić information content (AvgIpc) is 3.00. The highest BCUT2D eigenvalue weighted by atomic mass is 32.1. The summed E-state index contributed by atoms with van der Waals surface area (Å²) in [5, 5.41) is 15.7. The molecule has 0 aliphatic heterocycles. The van der Waals surface area contributed by atoms with Crippen molar-refractivity contribution in [2.45, 2.75) is 57.6 Å². The molecule has 120 valence electrons. The van der Waals surface area contributed by atoms with Gasteiger partial charge in [-0.05, 0) is 68.1 Å². The van der Waals surface area contributed by atoms with Gasteiger partial charge in [0, 0.05) is 12.2 Å². The van der Waals surface area contributed by atoms with E-state index in [0.717, 1.165) is 31.3 Å². The molecule has 2 N–H and O–H groups in total. The number of hydrogen-bond donors (Lipinski definition) is 2. The SMILES string of the molecule is CC(NCCCC1CCCCC1O)c1cnc2ccsc2c1. The highest BCUT2D eigenvalue weighted by Gasteiger charge is 2.22. The summed E-state index contributed by atoms with van der Waals surface area (Å²) in [5.74, 6) is 0.523. The lowest BCUT2D eigenvalue weighted by Gasteiger charge is -2.27. The zero-order valence-corrected chi connectivity index (χ0v) is 14.1. The van der Waals surface area contributed by atoms with Crippen LogP contribution in [0.25, 0.3) is 10.2 Å². The maximum atomic E-state index is 10.0. The van der Waals surface area contributed by atoms with Gasteiger partial charge in [-0.3, -0.25) is 4.98 Å². The lowest BCUT2D eigenvalue weighted by molar-refractivity contribution is 0.0642. The second-order valence-electron chi connectivity index (χ2n) is 6.50. The molecule has 22 heavy (non-hydrogen) atoms. The summed E-state index contributed by atoms with van der Waals surface area (Å²) in [5.41, 5.74) is 2.35. The molecule has 2 heterocycles. The van der Waals surface area contributed by atoms with Crippen molar-refractivity contribution in [1.82, 2.24) is 10.3 Å². The average molecular weight is 318 g/mol. The summed E-state index contributed by atoms with van der Waals surface area (Å²) in [4.78, 5) is 4.51. The van der Waals surface area contributed by atoms with Crippen LogP contribution in [0.2, 0.25) is 0 Å². The van der Waals surface area contributed by atoms with Crippen molar-refractivity contribution in [2.75, 3.05) is 6.54 Å². The zero-order valence-electron chi connectivity index (χ0n) is 13.3. The highest BCUT2D eigenvalue weighted by Crippen LogP contribution is 2.28. The summed E-state index contributed by atoms with van der Waals surface area (Å²) >= 11 is 1.75. The van der Waals surface area contributed by atoms with Gasteiger partial charge < -0.3 is 10.4 Å². The Balaban J connectivity index is 1.44. The third kappa shape index (κ3) is 3.86. The van der Waals surface area contributed by atoms with Gasteiger partial charge in [0.25, 0.3) is 0 Å². The van der Waals surface area contributed by atoms with Crippen LogP contribution >= 0.6 is 11.3 Å². The van der Waals surface area contributed by atoms with Gasteiger partial charge in [0.2, 0.25) is 0 Å². The van der Waals surface area contributed by atoms with Crippen LogP contribution in [0.4, 0.5) is 0 Å². The zero-order chi connectivity index (χ0) is 15.4. The molecule has 3 nitrogen and oxygen atoms in total. The Morgan fingerprint density at radius 1 is 1.41 bits per heavy atom. The maximum Gasteiger partial charge on any atom is 0.0809 e. The first kappa shape index (κ1) is 15.9. The minimum absolute atomic E-state index is 0.0587. The van der Waals surface area contributed by atoms with Crippen LogP contribution in [0, 0.1) is 5.92 Å². The predicted molar refractivity (Wildman–Crippen MR) is 93.2 cm³/mol. The van der Waals surface area contributed by atoms with Gasteiger partial charge in [0.15, 0.2) is 0 Å². The molecular formula is C18H26N2OS. The number of aromatic nitrogens is 1. The van der Waals surface area contributed by atoms with Crippen molar-refractivity contribution in [3.8, 4) is 0 Å². The fourth-order valence-corrected chi connectivity index (χ4v) is 4.21. The van der Waals surface area contributed by atoms with Crippen molar-refractivity contribution >= 4 is 21.6 Å². The fourth-order valence-electron chi connectivity index (χ4n) is 3.42. The molecule has 1 aliphatic rings. The van der Waals surface area contributed by atoms with Gasteiger partial charge in [-0.1, -0.05) is 12.8 Å². The van der Waals surface area contributed by atoms with E-state index in [2.05, 4.69) is 34.7 Å². The van der Waals surface area contributed by atoms with E-state index in [9.17, 15) is 5.11 Å². The van der Waals surface area contributed by atoms with Gasteiger partial charge in [-0.25, -0.2) is 0 Å². The molecule has 3 rings (SSSR count). The van der Waals surface area contributed by atoms with E-state index < -0.39 is 0 Å². The molecule has 0 aromatic carbocycles. The number of nitrogens with one attached hydrogen (secondary N) is 1. The van der Waals surface area contributed by atoms with Crippen molar-refractivity contribution in [1.29, 1.82) is 0 Å². The normalized spacial score (nSPS) is 23.7. The topological polar surface area (TPSA) is 45.1 Å². The largest absolute Gasteiger partial charge is 0.393 e. The van der Waals surface area contributed by atoms with Crippen LogP contribution < -0.4 is 5.32 Å². The van der Waals surface area contributed by atoms with E-state index in [1.54, 1.807) is 11.3 Å². The minimum atomic E-state index is -0.0587. The summed E-state index contributed by atoms with van der Waals surface area (Å²) in [6.45, 7) is 3.21. The van der Waals surface area contributed by atoms with Gasteiger partial charge >= 0.3 is 0 Å². The van der Waals surface area contributed by atoms with Crippen molar-refractivity contribution in [2.24, 2.45) is 5.92 Å². The number of fused-ring (bicyclic) bond motifs is 1. The molecule has 2 aromatic rings. The molecule has 0 bridgehead atoms. The molecule has 3 unspecified atom stereocenters. The van der Waals surface area contributed by atoms with Crippen molar-refractivity contribution in [3.63, 3.8) is 0 Å². The highest BCUT2D eigenvalue weighted by molar-refractivity contribution is 7.17. The first-order valence-corrected chi connectivity index (χ1v) is 9.36. The Morgan fingerprint density at radius 2 is 2.27 bits per heavy atom. The second-order valence-corrected chi connectivity index (χ2v) is 7.45. The Labute approximate surface area is 136 Å². The van der Waals surface area contributed by atoms with Crippen LogP contribution in [0.3, 0.4) is 0 Å². The van der Waals surface area contributed by atoms with Gasteiger partial charge in [-0.15, -0.1) is 11.3 Å². The van der Waals surface area contributed by atoms with E-state index in [1.807, 2.05) is 6.20 Å². The van der Waals surface area contributed by atoms with E-state index in [4.69, 9.17) is 0 Å². The number of hydrogen-bond acceptors (Lipinski definition) is 4. The Bertz CT molecular complexity index is 598. The summed E-state index contributed by atoms with van der Waals surface area (Å²) < 4.78 is 1.26. The van der Waals surface area contributed by atoms with Crippen LogP contribution in [0.15, 0.2) is 23.7 Å². The number of thiophene rings is 1. The van der Waals surface area contributed by atoms with Gasteiger partial charge in [0.1, 0.15) is 0 Å². The predicted octanol–water partition coefficient (Wildman–Crippen LogP) is 4.28. The molecule has 1 saturated carbocycles. The lowest BCUT2D eigenvalue weighted by atomic mass is 9.83. The maximum absolute atomic E-state index is 10.0. The summed E-state index contributed by atoms with van der Waals surface area (Å²) in [6, 6.07) is 4.64. The van der Waals surface area contributed by atoms with E-state index in [1.165, 1.54) is 29.5 Å². The molecule has 3 atom stereocenters. The number of aliphatic hydroxyl groups excluding tert-OH is 1. The molecule has 2 aromatic heterocycles. The molecule has 0 saturated heterocycles. The molecule has 0 spiro atoms. The molecule has 0 radical (unpaired) electrons. The molecule has 1 fully saturated rings. The first-order chi connectivity index (χ1) is 10.7. The van der Waals surface area contributed by atoms with E-state index >= 15 is 0 Å². The monoisotopic (exact) mass is 318 g/mol. The third-order valence-corrected chi connectivity index (χ3v) is 5.75. The smallest absolute Gasteiger partial charge is 0.0809 e. The summed E-state index contributed by atoms with van der Waals surface area (Å²) in [6.07, 6.45) is 8.90. The Hall–Kier alpha value is -0.970. The van der Waals surface area contributed by atoms with Crippen LogP contribution in [-0.4, -0.2) is 22.7 Å². The van der Waals surface area contributed by atoms with Gasteiger partial charge in [0.05, 0.1) is 16.3 Å².